The molecule has 0 spiro atoms. The fourth-order valence-corrected chi connectivity index (χ4v) is 1.49. The molecule has 0 aliphatic carbocycles. The van der Waals surface area contributed by atoms with E-state index in [1.54, 1.807) is 26.3 Å². The maximum absolute atomic E-state index is 11.2. The summed E-state index contributed by atoms with van der Waals surface area (Å²) >= 11 is 0. The number of nitrogens with one attached hydrogen (secondary N) is 2. The van der Waals surface area contributed by atoms with Crippen LogP contribution in [-0.4, -0.2) is 24.2 Å². The van der Waals surface area contributed by atoms with E-state index in [1.807, 2.05) is 0 Å². The average molecular weight is 268 g/mol. The van der Waals surface area contributed by atoms with Crippen molar-refractivity contribution in [1.82, 2.24) is 10.9 Å². The summed E-state index contributed by atoms with van der Waals surface area (Å²) in [6.45, 7) is 3.50. The van der Waals surface area contributed by atoms with Crippen molar-refractivity contribution in [3.05, 3.63) is 0 Å². The van der Waals surface area contributed by atoms with Crippen LogP contribution in [0.5, 0.6) is 0 Å². The normalized spacial score (nSPS) is 11.1. The maximum atomic E-state index is 11.2. The lowest BCUT2D eigenvalue weighted by Gasteiger charge is -2.01. The quantitative estimate of drug-likeness (QED) is 0.360. The third-order valence-corrected chi connectivity index (χ3v) is 2.44. The second kappa shape index (κ2) is 12.7. The third-order valence-electron chi connectivity index (χ3n) is 2.44. The van der Waals surface area contributed by atoms with Crippen molar-refractivity contribution < 1.29 is 9.59 Å². The van der Waals surface area contributed by atoms with Crippen molar-refractivity contribution in [2.24, 2.45) is 10.2 Å². The standard InChI is InChI=1S/C13H24N4O2/c1-3-14-16-12(18)10-8-6-5-7-9-11-13(19)17-15-4-2/h3-4H,5-11H2,1-2H3,(H,16,18)(H,17,19). The van der Waals surface area contributed by atoms with Crippen LogP contribution in [0.2, 0.25) is 0 Å². The lowest BCUT2D eigenvalue weighted by atomic mass is 10.1. The van der Waals surface area contributed by atoms with Gasteiger partial charge in [0.15, 0.2) is 0 Å². The fourth-order valence-electron chi connectivity index (χ4n) is 1.49. The van der Waals surface area contributed by atoms with Gasteiger partial charge in [-0.2, -0.15) is 10.2 Å². The van der Waals surface area contributed by atoms with E-state index in [-0.39, 0.29) is 11.8 Å². The zero-order valence-corrected chi connectivity index (χ0v) is 11.8. The van der Waals surface area contributed by atoms with E-state index in [1.165, 1.54) is 0 Å². The number of hydrazone groups is 2. The number of nitrogens with zero attached hydrogens (tertiary/aromatic N) is 2. The Bertz CT molecular complexity index is 284. The van der Waals surface area contributed by atoms with E-state index in [0.29, 0.717) is 12.8 Å². The molecule has 0 fully saturated rings. The van der Waals surface area contributed by atoms with Crippen LogP contribution in [0.4, 0.5) is 0 Å². The molecule has 108 valence electrons. The highest BCUT2D eigenvalue weighted by atomic mass is 16.2. The molecule has 2 N–H and O–H groups in total. The molecule has 0 heterocycles. The maximum Gasteiger partial charge on any atom is 0.240 e. The van der Waals surface area contributed by atoms with Gasteiger partial charge in [0, 0.05) is 25.3 Å². The molecule has 2 amide bonds. The summed E-state index contributed by atoms with van der Waals surface area (Å²) in [5, 5.41) is 7.33. The monoisotopic (exact) mass is 268 g/mol. The van der Waals surface area contributed by atoms with Gasteiger partial charge in [0.1, 0.15) is 0 Å². The highest BCUT2D eigenvalue weighted by molar-refractivity contribution is 5.76. The number of carbonyl (C=O) groups excluding carboxylic acids is 2. The molecule has 0 radical (unpaired) electrons. The Morgan fingerprint density at radius 1 is 0.789 bits per heavy atom. The van der Waals surface area contributed by atoms with Crippen LogP contribution in [0.1, 0.15) is 58.8 Å². The van der Waals surface area contributed by atoms with Crippen molar-refractivity contribution in [1.29, 1.82) is 0 Å². The first kappa shape index (κ1) is 17.3. The van der Waals surface area contributed by atoms with E-state index in [0.717, 1.165) is 32.1 Å². The smallest absolute Gasteiger partial charge is 0.240 e. The summed E-state index contributed by atoms with van der Waals surface area (Å²) in [7, 11) is 0. The number of rotatable bonds is 10. The predicted octanol–water partition coefficient (Wildman–Crippen LogP) is 1.96. The molecule has 6 nitrogen and oxygen atoms in total. The van der Waals surface area contributed by atoms with Crippen LogP contribution in [0.25, 0.3) is 0 Å². The second-order valence-electron chi connectivity index (χ2n) is 4.11. The van der Waals surface area contributed by atoms with Crippen LogP contribution in [0.15, 0.2) is 10.2 Å². The Morgan fingerprint density at radius 2 is 1.16 bits per heavy atom. The van der Waals surface area contributed by atoms with Gasteiger partial charge in [-0.3, -0.25) is 9.59 Å². The first-order valence-electron chi connectivity index (χ1n) is 6.73. The lowest BCUT2D eigenvalue weighted by Crippen LogP contribution is -2.16. The minimum Gasteiger partial charge on any atom is -0.273 e. The summed E-state index contributed by atoms with van der Waals surface area (Å²) in [5.74, 6) is -0.0928. The van der Waals surface area contributed by atoms with E-state index in [9.17, 15) is 9.59 Å². The number of amides is 2. The molecule has 0 aliphatic rings. The molecule has 0 unspecified atom stereocenters. The molecule has 19 heavy (non-hydrogen) atoms. The summed E-state index contributed by atoms with van der Waals surface area (Å²) in [6.07, 6.45) is 8.85. The Hall–Kier alpha value is -1.72. The summed E-state index contributed by atoms with van der Waals surface area (Å²) in [6, 6.07) is 0. The van der Waals surface area contributed by atoms with Crippen molar-refractivity contribution >= 4 is 24.2 Å². The van der Waals surface area contributed by atoms with E-state index >= 15 is 0 Å². The Labute approximate surface area is 114 Å². The first-order valence-corrected chi connectivity index (χ1v) is 6.73. The number of hydrogen-bond donors (Lipinski definition) is 2. The van der Waals surface area contributed by atoms with Crippen LogP contribution < -0.4 is 10.9 Å². The minimum atomic E-state index is -0.0464. The molecule has 0 aromatic carbocycles. The van der Waals surface area contributed by atoms with Crippen LogP contribution in [-0.2, 0) is 9.59 Å². The number of hydrogen-bond acceptors (Lipinski definition) is 4. The largest absolute Gasteiger partial charge is 0.273 e. The zero-order chi connectivity index (χ0) is 14.3. The van der Waals surface area contributed by atoms with Crippen molar-refractivity contribution in [3.63, 3.8) is 0 Å². The molecule has 0 aromatic rings. The topological polar surface area (TPSA) is 82.9 Å². The molecular formula is C13H24N4O2. The molecule has 0 bridgehead atoms. The molecule has 0 aromatic heterocycles. The van der Waals surface area contributed by atoms with Crippen LogP contribution >= 0.6 is 0 Å². The Balaban J connectivity index is 3.31. The highest BCUT2D eigenvalue weighted by Crippen LogP contribution is 2.07. The average Bonchev–Trinajstić information content (AvgIpc) is 2.41. The lowest BCUT2D eigenvalue weighted by molar-refractivity contribution is -0.121. The summed E-state index contributed by atoms with van der Waals surface area (Å²) in [5.41, 5.74) is 4.87. The van der Waals surface area contributed by atoms with E-state index in [4.69, 9.17) is 0 Å². The van der Waals surface area contributed by atoms with Gasteiger partial charge in [0.2, 0.25) is 11.8 Å². The van der Waals surface area contributed by atoms with E-state index < -0.39 is 0 Å². The third kappa shape index (κ3) is 12.5. The number of carbonyl (C=O) groups is 2. The van der Waals surface area contributed by atoms with Crippen molar-refractivity contribution in [2.75, 3.05) is 0 Å². The molecule has 0 saturated heterocycles. The highest BCUT2D eigenvalue weighted by Gasteiger charge is 2.00. The van der Waals surface area contributed by atoms with Crippen molar-refractivity contribution in [2.45, 2.75) is 58.8 Å². The van der Waals surface area contributed by atoms with Gasteiger partial charge in [0.25, 0.3) is 0 Å². The van der Waals surface area contributed by atoms with Gasteiger partial charge in [-0.1, -0.05) is 19.3 Å². The predicted molar refractivity (Wildman–Crippen MR) is 76.9 cm³/mol. The van der Waals surface area contributed by atoms with Crippen LogP contribution in [0.3, 0.4) is 0 Å². The molecule has 0 atom stereocenters. The number of unbranched alkanes of at least 4 members (excludes halogenated alkanes) is 4. The van der Waals surface area contributed by atoms with Crippen LogP contribution in [0, 0.1) is 0 Å². The van der Waals surface area contributed by atoms with Gasteiger partial charge in [-0.05, 0) is 26.7 Å². The molecule has 0 saturated carbocycles. The molecule has 6 heteroatoms. The summed E-state index contributed by atoms with van der Waals surface area (Å²) in [4.78, 5) is 22.4. The second-order valence-corrected chi connectivity index (χ2v) is 4.11. The van der Waals surface area contributed by atoms with Gasteiger partial charge in [0.05, 0.1) is 0 Å². The van der Waals surface area contributed by atoms with Gasteiger partial charge in [-0.15, -0.1) is 0 Å². The first-order chi connectivity index (χ1) is 9.20. The fraction of sp³-hybridized carbons (Fsp3) is 0.692. The van der Waals surface area contributed by atoms with Gasteiger partial charge in [-0.25, -0.2) is 10.9 Å². The van der Waals surface area contributed by atoms with Gasteiger partial charge >= 0.3 is 0 Å². The van der Waals surface area contributed by atoms with Crippen molar-refractivity contribution in [3.8, 4) is 0 Å². The van der Waals surface area contributed by atoms with Gasteiger partial charge < -0.3 is 0 Å². The Morgan fingerprint density at radius 3 is 1.53 bits per heavy atom. The van der Waals surface area contributed by atoms with E-state index in [2.05, 4.69) is 21.1 Å². The zero-order valence-electron chi connectivity index (χ0n) is 11.8. The minimum absolute atomic E-state index is 0.0464. The summed E-state index contributed by atoms with van der Waals surface area (Å²) < 4.78 is 0. The molecular weight excluding hydrogens is 244 g/mol. The molecule has 0 aliphatic heterocycles. The Kier molecular flexibility index (Phi) is 11.6. The molecule has 0 rings (SSSR count). The SMILES string of the molecule is CC=NNC(=O)CCCCCCCC(=O)NN=CC.